The van der Waals surface area contributed by atoms with Gasteiger partial charge in [-0.15, -0.1) is 0 Å². The second kappa shape index (κ2) is 5.37. The number of rotatable bonds is 5. The average Bonchev–Trinajstić information content (AvgIpc) is 2.72. The quantitative estimate of drug-likeness (QED) is 0.746. The molecule has 2 aromatic heterocycles. The van der Waals surface area contributed by atoms with Crippen molar-refractivity contribution in [2.24, 2.45) is 0 Å². The molecule has 7 nitrogen and oxygen atoms in total. The van der Waals surface area contributed by atoms with Crippen LogP contribution >= 0.6 is 0 Å². The van der Waals surface area contributed by atoms with Crippen molar-refractivity contribution in [3.05, 3.63) is 35.9 Å². The Kier molecular flexibility index (Phi) is 3.82. The van der Waals surface area contributed by atoms with Crippen molar-refractivity contribution in [1.82, 2.24) is 20.5 Å². The molecule has 2 heterocycles. The zero-order valence-corrected chi connectivity index (χ0v) is 11.5. The van der Waals surface area contributed by atoms with Crippen LogP contribution in [0.3, 0.4) is 0 Å². The zero-order chi connectivity index (χ0) is 13.9. The molecule has 0 saturated heterocycles. The highest BCUT2D eigenvalue weighted by Crippen LogP contribution is 2.20. The lowest BCUT2D eigenvalue weighted by molar-refractivity contribution is 0.598. The van der Waals surface area contributed by atoms with Gasteiger partial charge in [-0.2, -0.15) is 5.10 Å². The predicted molar refractivity (Wildman–Crippen MR) is 71.1 cm³/mol. The molecular formula is C11H15N5O2S. The summed E-state index contributed by atoms with van der Waals surface area (Å²) in [6, 6.07) is 3.30. The molecule has 0 aliphatic rings. The maximum Gasteiger partial charge on any atom is 0.265 e. The first-order chi connectivity index (χ1) is 9.04. The van der Waals surface area contributed by atoms with Crippen molar-refractivity contribution < 1.29 is 8.42 Å². The number of aryl methyl sites for hydroxylation is 1. The molecule has 0 unspecified atom stereocenters. The number of hydrogen-bond donors (Lipinski definition) is 3. The van der Waals surface area contributed by atoms with E-state index in [1.165, 1.54) is 6.20 Å². The number of hydrogen-bond acceptors (Lipinski definition) is 5. The molecule has 0 spiro atoms. The number of pyridine rings is 1. The maximum atomic E-state index is 12.4. The van der Waals surface area contributed by atoms with Crippen LogP contribution in [0, 0.1) is 6.92 Å². The molecule has 0 aromatic carbocycles. The van der Waals surface area contributed by atoms with Gasteiger partial charge in [0.2, 0.25) is 0 Å². The summed E-state index contributed by atoms with van der Waals surface area (Å²) < 4.78 is 27.2. The van der Waals surface area contributed by atoms with Crippen molar-refractivity contribution in [2.75, 3.05) is 11.8 Å². The fourth-order valence-electron chi connectivity index (χ4n) is 1.74. The van der Waals surface area contributed by atoms with E-state index in [2.05, 4.69) is 25.2 Å². The predicted octanol–water partition coefficient (Wildman–Crippen LogP) is 0.633. The summed E-state index contributed by atoms with van der Waals surface area (Å²) >= 11 is 0. The standard InChI is InChI=1S/C11H15N5O2S/c1-8-11(10(7-12-2)15-14-8)19(17,18)16-9-4-3-5-13-6-9/h3-6,12,16H,7H2,1-2H3,(H,14,15). The second-order valence-corrected chi connectivity index (χ2v) is 5.62. The highest BCUT2D eigenvalue weighted by Gasteiger charge is 2.24. The minimum absolute atomic E-state index is 0.172. The minimum atomic E-state index is -3.68. The molecule has 0 saturated carbocycles. The zero-order valence-electron chi connectivity index (χ0n) is 10.6. The van der Waals surface area contributed by atoms with Crippen LogP contribution in [0.1, 0.15) is 11.4 Å². The van der Waals surface area contributed by atoms with Gasteiger partial charge in [-0.25, -0.2) is 8.42 Å². The highest BCUT2D eigenvalue weighted by molar-refractivity contribution is 7.92. The van der Waals surface area contributed by atoms with Crippen LogP contribution in [-0.2, 0) is 16.6 Å². The fourth-order valence-corrected chi connectivity index (χ4v) is 3.15. The molecule has 19 heavy (non-hydrogen) atoms. The molecule has 0 atom stereocenters. The lowest BCUT2D eigenvalue weighted by atomic mass is 10.4. The van der Waals surface area contributed by atoms with E-state index < -0.39 is 10.0 Å². The Morgan fingerprint density at radius 3 is 2.84 bits per heavy atom. The number of nitrogens with one attached hydrogen (secondary N) is 3. The first kappa shape index (κ1) is 13.5. The van der Waals surface area contributed by atoms with E-state index in [0.29, 0.717) is 23.6 Å². The Labute approximate surface area is 111 Å². The lowest BCUT2D eigenvalue weighted by Gasteiger charge is -2.08. The summed E-state index contributed by atoms with van der Waals surface area (Å²) in [5.74, 6) is 0. The van der Waals surface area contributed by atoms with Gasteiger partial charge in [-0.3, -0.25) is 14.8 Å². The second-order valence-electron chi connectivity index (χ2n) is 4.00. The smallest absolute Gasteiger partial charge is 0.265 e. The monoisotopic (exact) mass is 281 g/mol. The van der Waals surface area contributed by atoms with Gasteiger partial charge in [0.25, 0.3) is 10.0 Å². The highest BCUT2D eigenvalue weighted by atomic mass is 32.2. The molecule has 0 aliphatic carbocycles. The Bertz CT molecular complexity index is 651. The Morgan fingerprint density at radius 2 is 2.21 bits per heavy atom. The van der Waals surface area contributed by atoms with Gasteiger partial charge in [0, 0.05) is 12.7 Å². The van der Waals surface area contributed by atoms with Crippen LogP contribution < -0.4 is 10.0 Å². The summed E-state index contributed by atoms with van der Waals surface area (Å²) in [6.45, 7) is 2.04. The molecule has 0 bridgehead atoms. The molecule has 0 radical (unpaired) electrons. The number of sulfonamides is 1. The van der Waals surface area contributed by atoms with Gasteiger partial charge >= 0.3 is 0 Å². The van der Waals surface area contributed by atoms with Gasteiger partial charge in [-0.05, 0) is 26.1 Å². The molecular weight excluding hydrogens is 266 g/mol. The summed E-state index contributed by atoms with van der Waals surface area (Å²) in [5, 5.41) is 9.57. The van der Waals surface area contributed by atoms with Gasteiger partial charge in [-0.1, -0.05) is 0 Å². The average molecular weight is 281 g/mol. The maximum absolute atomic E-state index is 12.4. The van der Waals surface area contributed by atoms with Gasteiger partial charge in [0.15, 0.2) is 0 Å². The third kappa shape index (κ3) is 2.91. The third-order valence-electron chi connectivity index (χ3n) is 2.49. The summed E-state index contributed by atoms with van der Waals surface area (Å²) in [7, 11) is -1.95. The Morgan fingerprint density at radius 1 is 1.42 bits per heavy atom. The largest absolute Gasteiger partial charge is 0.314 e. The van der Waals surface area contributed by atoms with Crippen molar-refractivity contribution >= 4 is 15.7 Å². The number of H-pyrrole nitrogens is 1. The number of aromatic amines is 1. The van der Waals surface area contributed by atoms with Crippen molar-refractivity contribution in [1.29, 1.82) is 0 Å². The molecule has 102 valence electrons. The molecule has 3 N–H and O–H groups in total. The Balaban J connectivity index is 2.37. The van der Waals surface area contributed by atoms with Crippen LogP contribution in [0.15, 0.2) is 29.4 Å². The fraction of sp³-hybridized carbons (Fsp3) is 0.273. The van der Waals surface area contributed by atoms with Crippen molar-refractivity contribution in [2.45, 2.75) is 18.4 Å². The molecule has 2 aromatic rings. The van der Waals surface area contributed by atoms with Crippen LogP contribution in [0.2, 0.25) is 0 Å². The summed E-state index contributed by atoms with van der Waals surface area (Å²) in [5.41, 5.74) is 1.37. The van der Waals surface area contributed by atoms with Crippen LogP contribution in [-0.4, -0.2) is 30.6 Å². The minimum Gasteiger partial charge on any atom is -0.314 e. The molecule has 8 heteroatoms. The van der Waals surface area contributed by atoms with Crippen LogP contribution in [0.5, 0.6) is 0 Å². The molecule has 0 fully saturated rings. The van der Waals surface area contributed by atoms with E-state index in [1.807, 2.05) is 0 Å². The molecule has 2 rings (SSSR count). The summed E-state index contributed by atoms with van der Waals surface area (Å²) in [4.78, 5) is 4.04. The summed E-state index contributed by atoms with van der Waals surface area (Å²) in [6.07, 6.45) is 3.03. The number of anilines is 1. The molecule has 0 amide bonds. The lowest BCUT2D eigenvalue weighted by Crippen LogP contribution is -2.17. The first-order valence-corrected chi connectivity index (χ1v) is 7.14. The SMILES string of the molecule is CNCc1n[nH]c(C)c1S(=O)(=O)Nc1cccnc1. The van der Waals surface area contributed by atoms with E-state index in [0.717, 1.165) is 0 Å². The van der Waals surface area contributed by atoms with E-state index in [9.17, 15) is 8.42 Å². The van der Waals surface area contributed by atoms with Crippen molar-refractivity contribution in [3.8, 4) is 0 Å². The van der Waals surface area contributed by atoms with E-state index in [4.69, 9.17) is 0 Å². The first-order valence-electron chi connectivity index (χ1n) is 5.66. The number of aromatic nitrogens is 3. The Hall–Kier alpha value is -1.93. The topological polar surface area (TPSA) is 99.8 Å². The number of nitrogens with zero attached hydrogens (tertiary/aromatic N) is 2. The van der Waals surface area contributed by atoms with Gasteiger partial charge in [0.1, 0.15) is 4.90 Å². The normalized spacial score (nSPS) is 11.5. The third-order valence-corrected chi connectivity index (χ3v) is 4.07. The van der Waals surface area contributed by atoms with E-state index >= 15 is 0 Å². The molecule has 0 aliphatic heterocycles. The van der Waals surface area contributed by atoms with E-state index in [1.54, 1.807) is 32.3 Å². The van der Waals surface area contributed by atoms with Gasteiger partial charge < -0.3 is 5.32 Å². The van der Waals surface area contributed by atoms with Crippen molar-refractivity contribution in [3.63, 3.8) is 0 Å². The van der Waals surface area contributed by atoms with Crippen LogP contribution in [0.25, 0.3) is 0 Å². The van der Waals surface area contributed by atoms with E-state index in [-0.39, 0.29) is 4.90 Å². The van der Waals surface area contributed by atoms with Crippen LogP contribution in [0.4, 0.5) is 5.69 Å². The van der Waals surface area contributed by atoms with Gasteiger partial charge in [0.05, 0.1) is 23.3 Å².